The Bertz CT molecular complexity index is 252. The van der Waals surface area contributed by atoms with Gasteiger partial charge in [0.05, 0.1) is 0 Å². The molecule has 2 nitrogen and oxygen atoms in total. The minimum atomic E-state index is -0.158. The van der Waals surface area contributed by atoms with Gasteiger partial charge in [0, 0.05) is 13.2 Å². The Morgan fingerprint density at radius 3 is 1.68 bits per heavy atom. The second kappa shape index (κ2) is 18.4. The zero-order chi connectivity index (χ0) is 16.3. The van der Waals surface area contributed by atoms with Crippen LogP contribution in [0.4, 0.5) is 0 Å². The Hall–Kier alpha value is -0.600. The molecular weight excluding hydrogens is 272 g/mol. The molecule has 0 atom stereocenters. The van der Waals surface area contributed by atoms with Crippen LogP contribution in [0.25, 0.3) is 0 Å². The molecule has 0 aromatic carbocycles. The second-order valence-electron chi connectivity index (χ2n) is 5.67. The largest absolute Gasteiger partial charge is 0.349 e. The molecule has 0 aromatic rings. The lowest BCUT2D eigenvalue weighted by atomic mass is 10.1. The van der Waals surface area contributed by atoms with Crippen LogP contribution in [0.15, 0.2) is 24.3 Å². The summed E-state index contributed by atoms with van der Waals surface area (Å²) in [5.74, 6) is 0. The number of hydrogen-bond acceptors (Lipinski definition) is 2. The van der Waals surface area contributed by atoms with Crippen LogP contribution in [-0.4, -0.2) is 19.5 Å². The lowest BCUT2D eigenvalue weighted by Crippen LogP contribution is -2.14. The van der Waals surface area contributed by atoms with Gasteiger partial charge in [-0.2, -0.15) is 0 Å². The minimum Gasteiger partial charge on any atom is -0.349 e. The van der Waals surface area contributed by atoms with Gasteiger partial charge in [-0.05, 0) is 52.0 Å². The van der Waals surface area contributed by atoms with Crippen molar-refractivity contribution in [2.24, 2.45) is 0 Å². The first-order chi connectivity index (χ1) is 10.8. The zero-order valence-electron chi connectivity index (χ0n) is 15.2. The first-order valence-corrected chi connectivity index (χ1v) is 9.39. The fourth-order valence-corrected chi connectivity index (χ4v) is 2.31. The molecule has 0 spiro atoms. The first kappa shape index (κ1) is 21.4. The van der Waals surface area contributed by atoms with Crippen LogP contribution >= 0.6 is 0 Å². The average Bonchev–Trinajstić information content (AvgIpc) is 2.52. The van der Waals surface area contributed by atoms with Gasteiger partial charge in [0.2, 0.25) is 0 Å². The maximum atomic E-state index is 5.47. The highest BCUT2D eigenvalue weighted by Gasteiger charge is 2.00. The molecule has 2 heteroatoms. The van der Waals surface area contributed by atoms with Crippen LogP contribution in [0, 0.1) is 0 Å². The quantitative estimate of drug-likeness (QED) is 0.186. The molecule has 0 N–H and O–H groups in total. The van der Waals surface area contributed by atoms with Crippen LogP contribution < -0.4 is 0 Å². The van der Waals surface area contributed by atoms with Crippen LogP contribution in [0.3, 0.4) is 0 Å². The van der Waals surface area contributed by atoms with E-state index in [4.69, 9.17) is 9.47 Å². The molecule has 0 unspecified atom stereocenters. The Balaban J connectivity index is 3.36. The molecule has 0 saturated heterocycles. The van der Waals surface area contributed by atoms with Gasteiger partial charge in [-0.25, -0.2) is 0 Å². The maximum Gasteiger partial charge on any atom is 0.176 e. The molecule has 0 aliphatic rings. The maximum absolute atomic E-state index is 5.47. The van der Waals surface area contributed by atoms with Crippen molar-refractivity contribution in [3.8, 4) is 0 Å². The van der Waals surface area contributed by atoms with Gasteiger partial charge in [-0.15, -0.1) is 0 Å². The van der Waals surface area contributed by atoms with E-state index in [1.54, 1.807) is 0 Å². The van der Waals surface area contributed by atoms with Gasteiger partial charge in [-0.1, -0.05) is 57.3 Å². The number of unbranched alkanes of at least 4 members (excludes halogenated alkanes) is 8. The van der Waals surface area contributed by atoms with Crippen molar-refractivity contribution in [1.29, 1.82) is 0 Å². The molecule has 0 aliphatic heterocycles. The van der Waals surface area contributed by atoms with Crippen LogP contribution in [-0.2, 0) is 9.47 Å². The third-order valence-electron chi connectivity index (χ3n) is 3.59. The van der Waals surface area contributed by atoms with E-state index in [1.165, 1.54) is 57.8 Å². The molecule has 22 heavy (non-hydrogen) atoms. The van der Waals surface area contributed by atoms with Gasteiger partial charge in [0.1, 0.15) is 0 Å². The molecule has 0 bridgehead atoms. The molecule has 0 aromatic heterocycles. The molecule has 0 radical (unpaired) electrons. The lowest BCUT2D eigenvalue weighted by Gasteiger charge is -2.12. The van der Waals surface area contributed by atoms with E-state index in [0.717, 1.165) is 6.42 Å². The summed E-state index contributed by atoms with van der Waals surface area (Å²) in [4.78, 5) is 0. The van der Waals surface area contributed by atoms with E-state index < -0.39 is 0 Å². The van der Waals surface area contributed by atoms with Crippen LogP contribution in [0.2, 0.25) is 0 Å². The van der Waals surface area contributed by atoms with Gasteiger partial charge < -0.3 is 9.47 Å². The SMILES string of the molecule is CCCCC=CCCCCCCC/C=C\C(OCC)OCC. The molecule has 0 rings (SSSR count). The van der Waals surface area contributed by atoms with Crippen molar-refractivity contribution in [2.45, 2.75) is 91.3 Å². The third kappa shape index (κ3) is 15.8. The highest BCUT2D eigenvalue weighted by Crippen LogP contribution is 2.09. The summed E-state index contributed by atoms with van der Waals surface area (Å²) in [6.45, 7) is 7.64. The third-order valence-corrected chi connectivity index (χ3v) is 3.59. The van der Waals surface area contributed by atoms with Crippen LogP contribution in [0.5, 0.6) is 0 Å². The Labute approximate surface area is 139 Å². The highest BCUT2D eigenvalue weighted by atomic mass is 16.7. The van der Waals surface area contributed by atoms with E-state index in [0.29, 0.717) is 13.2 Å². The fraction of sp³-hybridized carbons (Fsp3) is 0.800. The van der Waals surface area contributed by atoms with Crippen molar-refractivity contribution in [3.63, 3.8) is 0 Å². The monoisotopic (exact) mass is 310 g/mol. The van der Waals surface area contributed by atoms with Gasteiger partial charge in [-0.3, -0.25) is 0 Å². The van der Waals surface area contributed by atoms with Crippen LogP contribution in [0.1, 0.15) is 85.0 Å². The Morgan fingerprint density at radius 1 is 0.636 bits per heavy atom. The summed E-state index contributed by atoms with van der Waals surface area (Å²) in [5.41, 5.74) is 0. The van der Waals surface area contributed by atoms with E-state index in [1.807, 2.05) is 19.9 Å². The molecule has 0 aliphatic carbocycles. The second-order valence-corrected chi connectivity index (χ2v) is 5.67. The summed E-state index contributed by atoms with van der Waals surface area (Å²) < 4.78 is 10.9. The van der Waals surface area contributed by atoms with Crippen molar-refractivity contribution in [3.05, 3.63) is 24.3 Å². The van der Waals surface area contributed by atoms with Gasteiger partial charge in [0.15, 0.2) is 6.29 Å². The number of ether oxygens (including phenoxy) is 2. The van der Waals surface area contributed by atoms with Gasteiger partial charge in [0.25, 0.3) is 0 Å². The summed E-state index contributed by atoms with van der Waals surface area (Å²) >= 11 is 0. The van der Waals surface area contributed by atoms with Crippen molar-refractivity contribution >= 4 is 0 Å². The number of hydrogen-bond donors (Lipinski definition) is 0. The summed E-state index contributed by atoms with van der Waals surface area (Å²) in [6, 6.07) is 0. The van der Waals surface area contributed by atoms with E-state index >= 15 is 0 Å². The van der Waals surface area contributed by atoms with E-state index in [-0.39, 0.29) is 6.29 Å². The standard InChI is InChI=1S/C20H38O2/c1-4-7-8-9-10-11-12-13-14-15-16-17-18-19-20(21-5-2)22-6-3/h9-10,18-20H,4-8,11-17H2,1-3H3/b10-9?,19-18-. The predicted molar refractivity (Wildman–Crippen MR) is 97.2 cm³/mol. The van der Waals surface area contributed by atoms with Gasteiger partial charge >= 0.3 is 0 Å². The van der Waals surface area contributed by atoms with E-state index in [9.17, 15) is 0 Å². The molecule has 0 heterocycles. The summed E-state index contributed by atoms with van der Waals surface area (Å²) in [7, 11) is 0. The normalized spacial score (nSPS) is 12.2. The molecule has 0 saturated carbocycles. The predicted octanol–water partition coefficient (Wildman–Crippen LogP) is 6.42. The summed E-state index contributed by atoms with van der Waals surface area (Å²) in [6.07, 6.45) is 21.7. The number of allylic oxidation sites excluding steroid dienone is 3. The Morgan fingerprint density at radius 2 is 1.14 bits per heavy atom. The molecule has 130 valence electrons. The highest BCUT2D eigenvalue weighted by molar-refractivity contribution is 4.85. The topological polar surface area (TPSA) is 18.5 Å². The molecule has 0 fully saturated rings. The lowest BCUT2D eigenvalue weighted by molar-refractivity contribution is -0.104. The first-order valence-electron chi connectivity index (χ1n) is 9.39. The average molecular weight is 311 g/mol. The number of rotatable bonds is 16. The molecule has 0 amide bonds. The smallest absolute Gasteiger partial charge is 0.176 e. The van der Waals surface area contributed by atoms with E-state index in [2.05, 4.69) is 25.2 Å². The van der Waals surface area contributed by atoms with Crippen molar-refractivity contribution in [2.75, 3.05) is 13.2 Å². The summed E-state index contributed by atoms with van der Waals surface area (Å²) in [5, 5.41) is 0. The minimum absolute atomic E-state index is 0.158. The Kier molecular flexibility index (Phi) is 17.9. The molecular formula is C20H38O2. The zero-order valence-corrected chi connectivity index (χ0v) is 15.2. The van der Waals surface area contributed by atoms with Crippen molar-refractivity contribution in [1.82, 2.24) is 0 Å². The van der Waals surface area contributed by atoms with Crippen molar-refractivity contribution < 1.29 is 9.47 Å². The fourth-order valence-electron chi connectivity index (χ4n) is 2.31.